The third kappa shape index (κ3) is 6.48. The molecule has 6 heteroatoms. The fourth-order valence-electron chi connectivity index (χ4n) is 2.90. The number of aliphatic hydroxyl groups excluding tert-OH is 1. The number of hydrogen-bond donors (Lipinski definition) is 1. The van der Waals surface area contributed by atoms with Crippen LogP contribution in [0.3, 0.4) is 0 Å². The number of halogens is 1. The second kappa shape index (κ2) is 10.8. The highest BCUT2D eigenvalue weighted by molar-refractivity contribution is 5.85. The van der Waals surface area contributed by atoms with Gasteiger partial charge in [0.15, 0.2) is 0 Å². The van der Waals surface area contributed by atoms with Crippen molar-refractivity contribution in [2.75, 3.05) is 40.5 Å². The number of aliphatic hydroxyl groups is 1. The van der Waals surface area contributed by atoms with Crippen LogP contribution >= 0.6 is 12.4 Å². The molecular formula is C18H30ClNO4. The predicted octanol–water partition coefficient (Wildman–Crippen LogP) is 2.74. The van der Waals surface area contributed by atoms with E-state index in [0.29, 0.717) is 19.8 Å². The molecule has 0 bridgehead atoms. The van der Waals surface area contributed by atoms with Gasteiger partial charge in [0.2, 0.25) is 0 Å². The number of ether oxygens (including phenoxy) is 3. The fourth-order valence-corrected chi connectivity index (χ4v) is 2.90. The van der Waals surface area contributed by atoms with Gasteiger partial charge in [-0.1, -0.05) is 6.92 Å². The molecule has 1 saturated heterocycles. The van der Waals surface area contributed by atoms with Gasteiger partial charge in [0.05, 0.1) is 33.5 Å². The van der Waals surface area contributed by atoms with Crippen molar-refractivity contribution in [2.45, 2.75) is 32.5 Å². The van der Waals surface area contributed by atoms with Gasteiger partial charge in [0.1, 0.15) is 11.5 Å². The number of likely N-dealkylation sites (tertiary alicyclic amines) is 1. The Hall–Kier alpha value is -1.01. The molecule has 0 aromatic heterocycles. The summed E-state index contributed by atoms with van der Waals surface area (Å²) >= 11 is 0. The molecule has 1 heterocycles. The van der Waals surface area contributed by atoms with Crippen LogP contribution in [-0.4, -0.2) is 56.6 Å². The minimum absolute atomic E-state index is 0. The van der Waals surface area contributed by atoms with E-state index in [9.17, 15) is 5.11 Å². The van der Waals surface area contributed by atoms with Gasteiger partial charge in [-0.15, -0.1) is 12.4 Å². The van der Waals surface area contributed by atoms with Crippen LogP contribution in [-0.2, 0) is 11.3 Å². The molecule has 1 N–H and O–H groups in total. The van der Waals surface area contributed by atoms with E-state index in [4.69, 9.17) is 14.2 Å². The van der Waals surface area contributed by atoms with E-state index in [1.165, 1.54) is 12.8 Å². The highest BCUT2D eigenvalue weighted by Gasteiger charge is 2.18. The van der Waals surface area contributed by atoms with Gasteiger partial charge in [-0.25, -0.2) is 0 Å². The van der Waals surface area contributed by atoms with E-state index in [2.05, 4.69) is 11.8 Å². The monoisotopic (exact) mass is 359 g/mol. The normalized spacial score (nSPS) is 17.2. The molecule has 0 saturated carbocycles. The molecule has 5 nitrogen and oxygen atoms in total. The van der Waals surface area contributed by atoms with Crippen LogP contribution in [0.15, 0.2) is 18.2 Å². The summed E-state index contributed by atoms with van der Waals surface area (Å²) in [4.78, 5) is 2.32. The quantitative estimate of drug-likeness (QED) is 0.773. The summed E-state index contributed by atoms with van der Waals surface area (Å²) < 4.78 is 16.2. The summed E-state index contributed by atoms with van der Waals surface area (Å²) in [5.74, 6) is 2.35. The molecule has 2 rings (SSSR count). The molecule has 0 radical (unpaired) electrons. The van der Waals surface area contributed by atoms with Crippen molar-refractivity contribution in [3.05, 3.63) is 23.8 Å². The summed E-state index contributed by atoms with van der Waals surface area (Å²) in [6.07, 6.45) is 1.98. The molecule has 1 fully saturated rings. The molecule has 138 valence electrons. The van der Waals surface area contributed by atoms with E-state index in [1.807, 2.05) is 18.2 Å². The van der Waals surface area contributed by atoms with Gasteiger partial charge in [-0.3, -0.25) is 0 Å². The summed E-state index contributed by atoms with van der Waals surface area (Å²) in [5.41, 5.74) is 0.922. The Balaban J connectivity index is 0.00000288. The average molecular weight is 360 g/mol. The van der Waals surface area contributed by atoms with E-state index in [1.54, 1.807) is 14.2 Å². The van der Waals surface area contributed by atoms with Gasteiger partial charge in [0.25, 0.3) is 0 Å². The molecule has 1 atom stereocenters. The Morgan fingerprint density at radius 2 is 1.92 bits per heavy atom. The first-order valence-electron chi connectivity index (χ1n) is 8.31. The van der Waals surface area contributed by atoms with Crippen molar-refractivity contribution < 1.29 is 19.3 Å². The minimum Gasteiger partial charge on any atom is -0.497 e. The lowest BCUT2D eigenvalue weighted by Gasteiger charge is -2.31. The van der Waals surface area contributed by atoms with Crippen molar-refractivity contribution in [2.24, 2.45) is 5.92 Å². The molecule has 0 spiro atoms. The van der Waals surface area contributed by atoms with Gasteiger partial charge in [-0.05, 0) is 50.0 Å². The van der Waals surface area contributed by atoms with Gasteiger partial charge >= 0.3 is 0 Å². The molecule has 1 aromatic carbocycles. The van der Waals surface area contributed by atoms with E-state index in [0.717, 1.165) is 36.1 Å². The van der Waals surface area contributed by atoms with Gasteiger partial charge < -0.3 is 24.2 Å². The van der Waals surface area contributed by atoms with E-state index < -0.39 is 6.10 Å². The number of rotatable bonds is 8. The summed E-state index contributed by atoms with van der Waals surface area (Å²) in [6, 6.07) is 5.62. The van der Waals surface area contributed by atoms with Crippen molar-refractivity contribution in [1.82, 2.24) is 4.90 Å². The number of piperidine rings is 1. The zero-order chi connectivity index (χ0) is 16.7. The first-order chi connectivity index (χ1) is 11.1. The third-order valence-corrected chi connectivity index (χ3v) is 4.40. The van der Waals surface area contributed by atoms with Crippen molar-refractivity contribution >= 4 is 12.4 Å². The number of methoxy groups -OCH3 is 2. The summed E-state index contributed by atoms with van der Waals surface area (Å²) in [7, 11) is 3.27. The Labute approximate surface area is 151 Å². The Morgan fingerprint density at radius 3 is 2.54 bits per heavy atom. The Kier molecular flexibility index (Phi) is 9.44. The van der Waals surface area contributed by atoms with Crippen LogP contribution < -0.4 is 9.47 Å². The smallest absolute Gasteiger partial charge is 0.124 e. The van der Waals surface area contributed by atoms with Gasteiger partial charge in [0, 0.05) is 12.1 Å². The summed E-state index contributed by atoms with van der Waals surface area (Å²) in [5, 5.41) is 10.1. The topological polar surface area (TPSA) is 51.2 Å². The number of benzene rings is 1. The van der Waals surface area contributed by atoms with Crippen LogP contribution in [0.5, 0.6) is 11.5 Å². The van der Waals surface area contributed by atoms with E-state index in [-0.39, 0.29) is 12.4 Å². The lowest BCUT2D eigenvalue weighted by atomic mass is 9.99. The molecule has 1 aromatic rings. The zero-order valence-electron chi connectivity index (χ0n) is 14.9. The number of nitrogens with zero attached hydrogens (tertiary/aromatic N) is 1. The zero-order valence-corrected chi connectivity index (χ0v) is 15.7. The van der Waals surface area contributed by atoms with Gasteiger partial charge in [-0.2, -0.15) is 0 Å². The maximum atomic E-state index is 10.1. The highest BCUT2D eigenvalue weighted by Crippen LogP contribution is 2.24. The fraction of sp³-hybridized carbons (Fsp3) is 0.667. The summed E-state index contributed by atoms with van der Waals surface area (Å²) in [6.45, 7) is 5.84. The average Bonchev–Trinajstić information content (AvgIpc) is 2.57. The third-order valence-electron chi connectivity index (χ3n) is 4.40. The van der Waals surface area contributed by atoms with Crippen LogP contribution in [0, 0.1) is 5.92 Å². The second-order valence-electron chi connectivity index (χ2n) is 6.33. The van der Waals surface area contributed by atoms with E-state index >= 15 is 0 Å². The molecule has 1 aliphatic heterocycles. The molecule has 1 unspecified atom stereocenters. The first kappa shape index (κ1) is 21.0. The lowest BCUT2D eigenvalue weighted by molar-refractivity contribution is 0.00449. The maximum absolute atomic E-state index is 10.1. The second-order valence-corrected chi connectivity index (χ2v) is 6.33. The Morgan fingerprint density at radius 1 is 1.21 bits per heavy atom. The molecule has 0 amide bonds. The molecule has 1 aliphatic rings. The first-order valence-corrected chi connectivity index (χ1v) is 8.31. The highest BCUT2D eigenvalue weighted by atomic mass is 35.5. The van der Waals surface area contributed by atoms with Crippen LogP contribution in [0.25, 0.3) is 0 Å². The number of β-amino-alcohol motifs (C(OH)–C–C–N with tert-alkyl or cyclic N) is 1. The minimum atomic E-state index is -0.458. The standard InChI is InChI=1S/C18H29NO4.ClH/c1-14-6-8-19(9-7-14)11-16(20)13-23-12-15-10-17(21-2)4-5-18(15)22-3;/h4-5,10,14,16,20H,6-9,11-13H2,1-3H3;1H. The Bertz CT molecular complexity index is 478. The predicted molar refractivity (Wildman–Crippen MR) is 97.3 cm³/mol. The molecule has 0 aliphatic carbocycles. The lowest BCUT2D eigenvalue weighted by Crippen LogP contribution is -2.39. The van der Waals surface area contributed by atoms with Crippen LogP contribution in [0.4, 0.5) is 0 Å². The molecule has 24 heavy (non-hydrogen) atoms. The number of hydrogen-bond acceptors (Lipinski definition) is 5. The van der Waals surface area contributed by atoms with Crippen molar-refractivity contribution in [1.29, 1.82) is 0 Å². The van der Waals surface area contributed by atoms with Crippen LogP contribution in [0.1, 0.15) is 25.3 Å². The van der Waals surface area contributed by atoms with Crippen molar-refractivity contribution in [3.8, 4) is 11.5 Å². The maximum Gasteiger partial charge on any atom is 0.124 e. The van der Waals surface area contributed by atoms with Crippen molar-refractivity contribution in [3.63, 3.8) is 0 Å². The SMILES string of the molecule is COc1ccc(OC)c(COCC(O)CN2CCC(C)CC2)c1.Cl. The van der Waals surface area contributed by atoms with Crippen LogP contribution in [0.2, 0.25) is 0 Å². The largest absolute Gasteiger partial charge is 0.497 e. The molecular weight excluding hydrogens is 330 g/mol.